The van der Waals surface area contributed by atoms with Gasteiger partial charge in [0.2, 0.25) is 5.91 Å². The molecule has 0 N–H and O–H groups in total. The molecule has 0 aromatic heterocycles. The monoisotopic (exact) mass is 551 g/mol. The van der Waals surface area contributed by atoms with Crippen molar-refractivity contribution in [3.05, 3.63) is 88.9 Å². The number of anilines is 2. The van der Waals surface area contributed by atoms with E-state index in [1.165, 1.54) is 29.2 Å². The fraction of sp³-hybridized carbons (Fsp3) is 0.269. The zero-order valence-electron chi connectivity index (χ0n) is 20.0. The van der Waals surface area contributed by atoms with E-state index in [-0.39, 0.29) is 18.0 Å². The van der Waals surface area contributed by atoms with Gasteiger partial charge in [0.1, 0.15) is 6.54 Å². The minimum atomic E-state index is -4.44. The van der Waals surface area contributed by atoms with Gasteiger partial charge in [-0.15, -0.1) is 0 Å². The van der Waals surface area contributed by atoms with Crippen molar-refractivity contribution in [1.29, 1.82) is 0 Å². The third-order valence-corrected chi connectivity index (χ3v) is 8.23. The third kappa shape index (κ3) is 6.02. The smallest absolute Gasteiger partial charge is 0.368 e. The van der Waals surface area contributed by atoms with E-state index in [1.807, 2.05) is 0 Å². The highest BCUT2D eigenvalue weighted by Gasteiger charge is 2.33. The molecule has 1 heterocycles. The van der Waals surface area contributed by atoms with Gasteiger partial charge >= 0.3 is 6.18 Å². The second-order valence-electron chi connectivity index (χ2n) is 8.67. The molecule has 1 amide bonds. The highest BCUT2D eigenvalue weighted by Crippen LogP contribution is 2.32. The number of nitrogens with zero attached hydrogens (tertiary/aromatic N) is 3. The van der Waals surface area contributed by atoms with Crippen LogP contribution >= 0.6 is 11.6 Å². The van der Waals surface area contributed by atoms with Crippen molar-refractivity contribution in [2.45, 2.75) is 18.0 Å². The van der Waals surface area contributed by atoms with Crippen LogP contribution in [0.1, 0.15) is 11.1 Å². The van der Waals surface area contributed by atoms with Crippen LogP contribution < -0.4 is 9.21 Å². The number of rotatable bonds is 6. The van der Waals surface area contributed by atoms with Gasteiger partial charge in [0.05, 0.1) is 16.1 Å². The molecule has 0 unspecified atom stereocenters. The number of carbonyl (C=O) groups is 1. The van der Waals surface area contributed by atoms with Gasteiger partial charge in [-0.05, 0) is 55.0 Å². The number of halogens is 4. The molecule has 196 valence electrons. The zero-order chi connectivity index (χ0) is 26.8. The van der Waals surface area contributed by atoms with Crippen molar-refractivity contribution in [1.82, 2.24) is 4.90 Å². The predicted octanol–water partition coefficient (Wildman–Crippen LogP) is 5.21. The van der Waals surface area contributed by atoms with Crippen LogP contribution in [-0.4, -0.2) is 51.9 Å². The number of hydrogen-bond acceptors (Lipinski definition) is 4. The largest absolute Gasteiger partial charge is 0.416 e. The highest BCUT2D eigenvalue weighted by molar-refractivity contribution is 7.92. The van der Waals surface area contributed by atoms with Gasteiger partial charge in [-0.1, -0.05) is 41.9 Å². The Morgan fingerprint density at radius 1 is 0.946 bits per heavy atom. The summed E-state index contributed by atoms with van der Waals surface area (Å²) in [6.45, 7) is 2.40. The van der Waals surface area contributed by atoms with Crippen LogP contribution in [0.2, 0.25) is 5.02 Å². The van der Waals surface area contributed by atoms with Gasteiger partial charge in [0.25, 0.3) is 10.0 Å². The maximum absolute atomic E-state index is 13.6. The van der Waals surface area contributed by atoms with Crippen LogP contribution in [0.25, 0.3) is 0 Å². The molecule has 0 aliphatic carbocycles. The molecule has 0 bridgehead atoms. The van der Waals surface area contributed by atoms with Gasteiger partial charge in [-0.2, -0.15) is 13.2 Å². The molecule has 3 aromatic rings. The van der Waals surface area contributed by atoms with E-state index in [1.54, 1.807) is 48.2 Å². The van der Waals surface area contributed by atoms with Crippen LogP contribution in [0.3, 0.4) is 0 Å². The van der Waals surface area contributed by atoms with Crippen LogP contribution in [-0.2, 0) is 21.0 Å². The third-order valence-electron chi connectivity index (χ3n) is 6.22. The summed E-state index contributed by atoms with van der Waals surface area (Å²) in [5.41, 5.74) is 0.616. The SMILES string of the molecule is Cc1ccc(Cl)cc1N(CC(=O)N1CCN(c2cccc(C(F)(F)F)c2)CC1)S(=O)(=O)c1ccccc1. The van der Waals surface area contributed by atoms with E-state index < -0.39 is 34.2 Å². The van der Waals surface area contributed by atoms with E-state index in [4.69, 9.17) is 11.6 Å². The van der Waals surface area contributed by atoms with Gasteiger partial charge < -0.3 is 9.80 Å². The Labute approximate surface area is 218 Å². The molecule has 0 atom stereocenters. The first-order valence-electron chi connectivity index (χ1n) is 11.5. The average molecular weight is 552 g/mol. The van der Waals surface area contributed by atoms with Crippen molar-refractivity contribution in [2.24, 2.45) is 0 Å². The molecule has 37 heavy (non-hydrogen) atoms. The maximum atomic E-state index is 13.6. The lowest BCUT2D eigenvalue weighted by molar-refractivity contribution is -0.137. The molecule has 4 rings (SSSR count). The minimum absolute atomic E-state index is 0.0385. The van der Waals surface area contributed by atoms with E-state index in [0.717, 1.165) is 16.4 Å². The van der Waals surface area contributed by atoms with Crippen LogP contribution in [0.15, 0.2) is 77.7 Å². The first kappa shape index (κ1) is 26.8. The lowest BCUT2D eigenvalue weighted by Gasteiger charge is -2.37. The van der Waals surface area contributed by atoms with Gasteiger partial charge in [0, 0.05) is 36.9 Å². The molecule has 6 nitrogen and oxygen atoms in total. The summed E-state index contributed by atoms with van der Waals surface area (Å²) in [6, 6.07) is 17.7. The first-order valence-corrected chi connectivity index (χ1v) is 13.3. The maximum Gasteiger partial charge on any atom is 0.416 e. The van der Waals surface area contributed by atoms with Crippen LogP contribution in [0, 0.1) is 6.92 Å². The van der Waals surface area contributed by atoms with E-state index >= 15 is 0 Å². The number of benzene rings is 3. The summed E-state index contributed by atoms with van der Waals surface area (Å²) in [6.07, 6.45) is -4.44. The Bertz CT molecular complexity index is 1380. The van der Waals surface area contributed by atoms with Gasteiger partial charge in [0.15, 0.2) is 0 Å². The number of aryl methyl sites for hydroxylation is 1. The Balaban J connectivity index is 1.54. The second-order valence-corrected chi connectivity index (χ2v) is 11.0. The summed E-state index contributed by atoms with van der Waals surface area (Å²) in [7, 11) is -4.09. The van der Waals surface area contributed by atoms with Crippen molar-refractivity contribution in [3.63, 3.8) is 0 Å². The van der Waals surface area contributed by atoms with Gasteiger partial charge in [-0.3, -0.25) is 9.10 Å². The van der Waals surface area contributed by atoms with Crippen molar-refractivity contribution in [2.75, 3.05) is 41.9 Å². The summed E-state index contributed by atoms with van der Waals surface area (Å²) in [5, 5.41) is 0.330. The molecule has 1 saturated heterocycles. The molecular weight excluding hydrogens is 527 g/mol. The van der Waals surface area contributed by atoms with Crippen molar-refractivity contribution in [3.8, 4) is 0 Å². The molecule has 1 fully saturated rings. The number of carbonyl (C=O) groups excluding carboxylic acids is 1. The van der Waals surface area contributed by atoms with E-state index in [0.29, 0.717) is 35.1 Å². The minimum Gasteiger partial charge on any atom is -0.368 e. The van der Waals surface area contributed by atoms with Crippen LogP contribution in [0.4, 0.5) is 24.5 Å². The average Bonchev–Trinajstić information content (AvgIpc) is 2.89. The number of hydrogen-bond donors (Lipinski definition) is 0. The Morgan fingerprint density at radius 3 is 2.27 bits per heavy atom. The molecule has 11 heteroatoms. The lowest BCUT2D eigenvalue weighted by Crippen LogP contribution is -2.52. The summed E-state index contributed by atoms with van der Waals surface area (Å²) >= 11 is 6.16. The second kappa shape index (κ2) is 10.6. The van der Waals surface area contributed by atoms with Crippen molar-refractivity contribution >= 4 is 38.9 Å². The lowest BCUT2D eigenvalue weighted by atomic mass is 10.1. The molecule has 0 spiro atoms. The molecular formula is C26H25ClF3N3O3S. The number of piperazine rings is 1. The Morgan fingerprint density at radius 2 is 1.62 bits per heavy atom. The quantitative estimate of drug-likeness (QED) is 0.422. The van der Waals surface area contributed by atoms with E-state index in [9.17, 15) is 26.4 Å². The molecule has 0 radical (unpaired) electrons. The normalized spacial score (nSPS) is 14.5. The first-order chi connectivity index (χ1) is 17.5. The standard InChI is InChI=1S/C26H25ClF3N3O3S/c1-19-10-11-21(27)17-24(19)33(37(35,36)23-8-3-2-4-9-23)18-25(34)32-14-12-31(13-15-32)22-7-5-6-20(16-22)26(28,29)30/h2-11,16-17H,12-15,18H2,1H3. The molecule has 3 aromatic carbocycles. The fourth-order valence-corrected chi connectivity index (χ4v) is 5.84. The number of amides is 1. The molecule has 1 aliphatic rings. The zero-order valence-corrected chi connectivity index (χ0v) is 21.5. The Hall–Kier alpha value is -3.24. The topological polar surface area (TPSA) is 60.9 Å². The highest BCUT2D eigenvalue weighted by atomic mass is 35.5. The summed E-state index contributed by atoms with van der Waals surface area (Å²) < 4.78 is 67.5. The Kier molecular flexibility index (Phi) is 7.70. The van der Waals surface area contributed by atoms with Gasteiger partial charge in [-0.25, -0.2) is 8.42 Å². The van der Waals surface area contributed by atoms with Crippen LogP contribution in [0.5, 0.6) is 0 Å². The summed E-state index contributed by atoms with van der Waals surface area (Å²) in [4.78, 5) is 16.6. The molecule has 1 aliphatic heterocycles. The summed E-state index contributed by atoms with van der Waals surface area (Å²) in [5.74, 6) is -0.414. The fourth-order valence-electron chi connectivity index (χ4n) is 4.19. The van der Waals surface area contributed by atoms with E-state index in [2.05, 4.69) is 0 Å². The van der Waals surface area contributed by atoms with Crippen molar-refractivity contribution < 1.29 is 26.4 Å². The molecule has 0 saturated carbocycles. The number of sulfonamides is 1. The number of alkyl halides is 3. The predicted molar refractivity (Wildman–Crippen MR) is 137 cm³/mol.